The van der Waals surface area contributed by atoms with E-state index >= 15 is 0 Å². The van der Waals surface area contributed by atoms with E-state index in [0.717, 1.165) is 44.2 Å². The smallest absolute Gasteiger partial charge is 0.287 e. The van der Waals surface area contributed by atoms with E-state index in [1.165, 1.54) is 4.68 Å². The minimum Gasteiger partial charge on any atom is -0.493 e. The van der Waals surface area contributed by atoms with E-state index in [9.17, 15) is 4.79 Å². The second kappa shape index (κ2) is 8.42. The molecule has 1 saturated heterocycles. The Labute approximate surface area is 157 Å². The van der Waals surface area contributed by atoms with Gasteiger partial charge in [0.15, 0.2) is 11.5 Å². The van der Waals surface area contributed by atoms with E-state index < -0.39 is 0 Å². The molecule has 2 heterocycles. The molecule has 0 amide bonds. The quantitative estimate of drug-likeness (QED) is 0.761. The van der Waals surface area contributed by atoms with Crippen LogP contribution in [0.25, 0.3) is 0 Å². The van der Waals surface area contributed by atoms with Crippen molar-refractivity contribution in [2.45, 2.75) is 0 Å². The highest BCUT2D eigenvalue weighted by Gasteiger charge is 2.20. The van der Waals surface area contributed by atoms with Crippen LogP contribution >= 0.6 is 11.6 Å². The molecule has 1 fully saturated rings. The number of nitrogens with zero attached hydrogens (tertiary/aromatic N) is 4. The largest absolute Gasteiger partial charge is 0.493 e. The Kier molecular flexibility index (Phi) is 6.00. The maximum Gasteiger partial charge on any atom is 0.287 e. The Bertz CT molecular complexity index is 803. The number of piperazine rings is 1. The molecule has 26 heavy (non-hydrogen) atoms. The molecule has 8 heteroatoms. The molecule has 0 spiro atoms. The monoisotopic (exact) mass is 378 g/mol. The van der Waals surface area contributed by atoms with Crippen LogP contribution in [0.15, 0.2) is 35.3 Å². The van der Waals surface area contributed by atoms with E-state index in [-0.39, 0.29) is 10.6 Å². The fourth-order valence-corrected chi connectivity index (χ4v) is 3.25. The molecule has 1 aliphatic rings. The average molecular weight is 379 g/mol. The number of halogens is 1. The normalized spacial score (nSPS) is 15.1. The van der Waals surface area contributed by atoms with Crippen molar-refractivity contribution < 1.29 is 9.47 Å². The van der Waals surface area contributed by atoms with E-state index in [2.05, 4.69) is 14.9 Å². The molecule has 2 aromatic rings. The van der Waals surface area contributed by atoms with Gasteiger partial charge in [-0.25, -0.2) is 4.68 Å². The highest BCUT2D eigenvalue weighted by atomic mass is 35.5. The van der Waals surface area contributed by atoms with E-state index in [1.807, 2.05) is 24.3 Å². The maximum atomic E-state index is 11.9. The first-order chi connectivity index (χ1) is 12.6. The Morgan fingerprint density at radius 2 is 1.85 bits per heavy atom. The van der Waals surface area contributed by atoms with Crippen molar-refractivity contribution >= 4 is 17.3 Å². The third-order valence-electron chi connectivity index (χ3n) is 4.51. The van der Waals surface area contributed by atoms with Crippen LogP contribution in [0.1, 0.15) is 0 Å². The Morgan fingerprint density at radius 3 is 2.54 bits per heavy atom. The zero-order chi connectivity index (χ0) is 18.5. The van der Waals surface area contributed by atoms with Crippen molar-refractivity contribution in [3.05, 3.63) is 45.8 Å². The summed E-state index contributed by atoms with van der Waals surface area (Å²) < 4.78 is 12.4. The van der Waals surface area contributed by atoms with Crippen LogP contribution in [0, 0.1) is 0 Å². The molecule has 0 unspecified atom stereocenters. The maximum absolute atomic E-state index is 11.9. The topological polar surface area (TPSA) is 59.8 Å². The standard InChI is InChI=1S/C18H23ClN4O3/c1-21-18(24)17(19)14(13-20-21)23-9-7-22(8-10-23)11-12-26-16-6-4-3-5-15(16)25-2/h3-6,13H,7-12H2,1-2H3. The van der Waals surface area contributed by atoms with Gasteiger partial charge in [-0.15, -0.1) is 0 Å². The van der Waals surface area contributed by atoms with Crippen molar-refractivity contribution in [2.75, 3.05) is 51.3 Å². The number of anilines is 1. The fraction of sp³-hybridized carbons (Fsp3) is 0.444. The Morgan fingerprint density at radius 1 is 1.15 bits per heavy atom. The number of methoxy groups -OCH3 is 1. The van der Waals surface area contributed by atoms with Crippen molar-refractivity contribution in [1.29, 1.82) is 0 Å². The summed E-state index contributed by atoms with van der Waals surface area (Å²) in [6.07, 6.45) is 1.66. The average Bonchev–Trinajstić information content (AvgIpc) is 2.67. The highest BCUT2D eigenvalue weighted by Crippen LogP contribution is 2.26. The molecular formula is C18H23ClN4O3. The molecule has 0 N–H and O–H groups in total. The van der Waals surface area contributed by atoms with E-state index in [0.29, 0.717) is 12.3 Å². The summed E-state index contributed by atoms with van der Waals surface area (Å²) in [5, 5.41) is 4.30. The van der Waals surface area contributed by atoms with Crippen molar-refractivity contribution in [2.24, 2.45) is 7.05 Å². The minimum atomic E-state index is -0.267. The van der Waals surface area contributed by atoms with Gasteiger partial charge in [0.05, 0.1) is 19.0 Å². The lowest BCUT2D eigenvalue weighted by Gasteiger charge is -2.36. The molecule has 140 valence electrons. The summed E-state index contributed by atoms with van der Waals surface area (Å²) in [7, 11) is 3.23. The van der Waals surface area contributed by atoms with Gasteiger partial charge in [-0.3, -0.25) is 9.69 Å². The van der Waals surface area contributed by atoms with Crippen molar-refractivity contribution in [1.82, 2.24) is 14.7 Å². The number of para-hydroxylation sites is 2. The van der Waals surface area contributed by atoms with Gasteiger partial charge in [-0.05, 0) is 12.1 Å². The molecule has 1 aromatic heterocycles. The first-order valence-electron chi connectivity index (χ1n) is 8.55. The minimum absolute atomic E-state index is 0.232. The molecule has 0 bridgehead atoms. The fourth-order valence-electron chi connectivity index (χ4n) is 2.96. The first kappa shape index (κ1) is 18.5. The number of aryl methyl sites for hydroxylation is 1. The molecule has 7 nitrogen and oxygen atoms in total. The summed E-state index contributed by atoms with van der Waals surface area (Å²) in [6.45, 7) is 4.76. The van der Waals surface area contributed by atoms with Crippen LogP contribution in [-0.4, -0.2) is 61.1 Å². The second-order valence-electron chi connectivity index (χ2n) is 6.10. The van der Waals surface area contributed by atoms with Crippen molar-refractivity contribution in [3.63, 3.8) is 0 Å². The van der Waals surface area contributed by atoms with Gasteiger partial charge in [0.2, 0.25) is 0 Å². The zero-order valence-electron chi connectivity index (χ0n) is 15.0. The summed E-state index contributed by atoms with van der Waals surface area (Å²) in [4.78, 5) is 16.4. The molecule has 0 radical (unpaired) electrons. The van der Waals surface area contributed by atoms with Gasteiger partial charge in [0, 0.05) is 39.8 Å². The number of aromatic nitrogens is 2. The van der Waals surface area contributed by atoms with Crippen LogP contribution in [-0.2, 0) is 7.05 Å². The third-order valence-corrected chi connectivity index (χ3v) is 4.86. The molecule has 0 saturated carbocycles. The molecule has 1 aromatic carbocycles. The molecule has 0 atom stereocenters. The van der Waals surface area contributed by atoms with Gasteiger partial charge < -0.3 is 14.4 Å². The first-order valence-corrected chi connectivity index (χ1v) is 8.93. The van der Waals surface area contributed by atoms with Crippen LogP contribution in [0.3, 0.4) is 0 Å². The Hall–Kier alpha value is -2.25. The summed E-state index contributed by atoms with van der Waals surface area (Å²) in [5.74, 6) is 1.50. The number of hydrogen-bond acceptors (Lipinski definition) is 6. The SMILES string of the molecule is COc1ccccc1OCCN1CCN(c2cnn(C)c(=O)c2Cl)CC1. The molecule has 3 rings (SSSR count). The van der Waals surface area contributed by atoms with Gasteiger partial charge in [0.1, 0.15) is 11.6 Å². The van der Waals surface area contributed by atoms with Gasteiger partial charge in [0.25, 0.3) is 5.56 Å². The van der Waals surface area contributed by atoms with E-state index in [4.69, 9.17) is 21.1 Å². The highest BCUT2D eigenvalue weighted by molar-refractivity contribution is 6.33. The third kappa shape index (κ3) is 4.11. The van der Waals surface area contributed by atoms with Gasteiger partial charge >= 0.3 is 0 Å². The lowest BCUT2D eigenvalue weighted by molar-refractivity contribution is 0.197. The molecule has 1 aliphatic heterocycles. The van der Waals surface area contributed by atoms with Crippen LogP contribution in [0.4, 0.5) is 5.69 Å². The number of benzene rings is 1. The lowest BCUT2D eigenvalue weighted by atomic mass is 10.3. The predicted molar refractivity (Wildman–Crippen MR) is 102 cm³/mol. The van der Waals surface area contributed by atoms with E-state index in [1.54, 1.807) is 20.4 Å². The predicted octanol–water partition coefficient (Wildman–Crippen LogP) is 1.64. The summed E-state index contributed by atoms with van der Waals surface area (Å²) in [6, 6.07) is 7.64. The zero-order valence-corrected chi connectivity index (χ0v) is 15.8. The van der Waals surface area contributed by atoms with Crippen LogP contribution in [0.5, 0.6) is 11.5 Å². The van der Waals surface area contributed by atoms with Crippen LogP contribution < -0.4 is 19.9 Å². The second-order valence-corrected chi connectivity index (χ2v) is 6.48. The van der Waals surface area contributed by atoms with Gasteiger partial charge in [-0.1, -0.05) is 23.7 Å². The van der Waals surface area contributed by atoms with Crippen molar-refractivity contribution in [3.8, 4) is 11.5 Å². The summed E-state index contributed by atoms with van der Waals surface area (Å²) >= 11 is 6.19. The molecule has 0 aliphatic carbocycles. The number of ether oxygens (including phenoxy) is 2. The summed E-state index contributed by atoms with van der Waals surface area (Å²) in [5.41, 5.74) is 0.441. The van der Waals surface area contributed by atoms with Crippen LogP contribution in [0.2, 0.25) is 5.02 Å². The molecular weight excluding hydrogens is 356 g/mol. The van der Waals surface area contributed by atoms with Gasteiger partial charge in [-0.2, -0.15) is 5.10 Å². The Balaban J connectivity index is 1.50. The lowest BCUT2D eigenvalue weighted by Crippen LogP contribution is -2.48. The number of hydrogen-bond donors (Lipinski definition) is 0. The number of rotatable bonds is 6.